The molecule has 1 aliphatic heterocycles. The van der Waals surface area contributed by atoms with Crippen molar-refractivity contribution in [3.8, 4) is 0 Å². The lowest BCUT2D eigenvalue weighted by Crippen LogP contribution is -2.33. The Morgan fingerprint density at radius 1 is 1.56 bits per heavy atom. The molecule has 2 N–H and O–H groups in total. The molecule has 0 spiro atoms. The number of amides is 1. The van der Waals surface area contributed by atoms with Gasteiger partial charge in [-0.05, 0) is 24.1 Å². The average Bonchev–Trinajstić information content (AvgIpc) is 2.59. The molecular weight excluding hydrogens is 255 g/mol. The highest BCUT2D eigenvalue weighted by Gasteiger charge is 2.38. The summed E-state index contributed by atoms with van der Waals surface area (Å²) >= 11 is 5.66. The van der Waals surface area contributed by atoms with Gasteiger partial charge in [0.25, 0.3) is 0 Å². The number of carbonyl (C=O) groups excluding carboxylic acids is 1. The number of nitrogens with two attached hydrogens (primary N) is 1. The maximum atomic E-state index is 13.5. The van der Waals surface area contributed by atoms with Crippen molar-refractivity contribution in [2.24, 2.45) is 5.73 Å². The van der Waals surface area contributed by atoms with E-state index in [1.165, 1.54) is 12.1 Å². The Labute approximate surface area is 111 Å². The second kappa shape index (κ2) is 5.24. The van der Waals surface area contributed by atoms with E-state index in [2.05, 4.69) is 0 Å². The molecule has 0 bridgehead atoms. The summed E-state index contributed by atoms with van der Waals surface area (Å²) < 4.78 is 13.5. The second-order valence-corrected chi connectivity index (χ2v) is 4.98. The van der Waals surface area contributed by atoms with Crippen molar-refractivity contribution < 1.29 is 9.18 Å². The third-order valence-corrected chi connectivity index (χ3v) is 3.53. The van der Waals surface area contributed by atoms with Crippen LogP contribution in [0.5, 0.6) is 0 Å². The van der Waals surface area contributed by atoms with Gasteiger partial charge in [0, 0.05) is 19.0 Å². The first-order chi connectivity index (χ1) is 8.54. The smallest absolute Gasteiger partial charge is 0.224 e. The Kier molecular flexibility index (Phi) is 3.88. The molecule has 3 nitrogen and oxygen atoms in total. The molecule has 18 heavy (non-hydrogen) atoms. The first kappa shape index (κ1) is 13.3. The SMILES string of the molecule is CCCN1C(=O)CC(N)C1c1ccc(Cl)c(F)c1. The molecular formula is C13H16ClFN2O. The molecule has 1 fully saturated rings. The molecule has 1 heterocycles. The van der Waals surface area contributed by atoms with Gasteiger partial charge in [-0.3, -0.25) is 4.79 Å². The van der Waals surface area contributed by atoms with Crippen LogP contribution in [0.25, 0.3) is 0 Å². The van der Waals surface area contributed by atoms with E-state index in [0.717, 1.165) is 6.42 Å². The van der Waals surface area contributed by atoms with E-state index >= 15 is 0 Å². The minimum absolute atomic E-state index is 0.0321. The van der Waals surface area contributed by atoms with Crippen molar-refractivity contribution in [1.82, 2.24) is 4.90 Å². The van der Waals surface area contributed by atoms with Crippen LogP contribution in [-0.2, 0) is 4.79 Å². The number of hydrogen-bond acceptors (Lipinski definition) is 2. The van der Waals surface area contributed by atoms with Gasteiger partial charge in [-0.1, -0.05) is 24.6 Å². The molecule has 1 amide bonds. The topological polar surface area (TPSA) is 46.3 Å². The molecule has 1 aromatic rings. The van der Waals surface area contributed by atoms with E-state index in [1.54, 1.807) is 11.0 Å². The predicted molar refractivity (Wildman–Crippen MR) is 68.7 cm³/mol. The van der Waals surface area contributed by atoms with E-state index in [1.807, 2.05) is 6.92 Å². The quantitative estimate of drug-likeness (QED) is 0.917. The third kappa shape index (κ3) is 2.35. The molecule has 0 saturated carbocycles. The summed E-state index contributed by atoms with van der Waals surface area (Å²) in [6, 6.07) is 4.07. The monoisotopic (exact) mass is 270 g/mol. The number of halogens is 2. The van der Waals surface area contributed by atoms with Crippen LogP contribution < -0.4 is 5.73 Å². The average molecular weight is 271 g/mol. The van der Waals surface area contributed by atoms with E-state index in [0.29, 0.717) is 18.5 Å². The van der Waals surface area contributed by atoms with E-state index in [9.17, 15) is 9.18 Å². The zero-order valence-corrected chi connectivity index (χ0v) is 11.0. The van der Waals surface area contributed by atoms with Crippen LogP contribution in [0.1, 0.15) is 31.4 Å². The molecule has 1 saturated heterocycles. The number of hydrogen-bond donors (Lipinski definition) is 1. The fraction of sp³-hybridized carbons (Fsp3) is 0.462. The van der Waals surface area contributed by atoms with E-state index < -0.39 is 5.82 Å². The summed E-state index contributed by atoms with van der Waals surface area (Å²) in [7, 11) is 0. The molecule has 5 heteroatoms. The molecule has 1 aromatic carbocycles. The zero-order valence-electron chi connectivity index (χ0n) is 10.2. The number of likely N-dealkylation sites (tertiary alicyclic amines) is 1. The zero-order chi connectivity index (χ0) is 13.3. The van der Waals surface area contributed by atoms with Gasteiger partial charge in [0.15, 0.2) is 0 Å². The van der Waals surface area contributed by atoms with Crippen LogP contribution in [0.15, 0.2) is 18.2 Å². The Morgan fingerprint density at radius 3 is 2.89 bits per heavy atom. The van der Waals surface area contributed by atoms with Gasteiger partial charge in [-0.25, -0.2) is 4.39 Å². The lowest BCUT2D eigenvalue weighted by atomic mass is 10.0. The molecule has 2 unspecified atom stereocenters. The van der Waals surface area contributed by atoms with Crippen molar-refractivity contribution in [2.45, 2.75) is 31.8 Å². The summed E-state index contributed by atoms with van der Waals surface area (Å²) in [5, 5.41) is 0.0821. The highest BCUT2D eigenvalue weighted by atomic mass is 35.5. The molecule has 0 aliphatic carbocycles. The summed E-state index contributed by atoms with van der Waals surface area (Å²) in [5.41, 5.74) is 6.70. The highest BCUT2D eigenvalue weighted by molar-refractivity contribution is 6.30. The molecule has 2 rings (SSSR count). The maximum absolute atomic E-state index is 13.5. The maximum Gasteiger partial charge on any atom is 0.224 e. The fourth-order valence-corrected chi connectivity index (χ4v) is 2.56. The first-order valence-corrected chi connectivity index (χ1v) is 6.42. The minimum atomic E-state index is -0.475. The lowest BCUT2D eigenvalue weighted by Gasteiger charge is -2.27. The van der Waals surface area contributed by atoms with Gasteiger partial charge >= 0.3 is 0 Å². The standard InChI is InChI=1S/C13H16ClFN2O/c1-2-5-17-12(18)7-11(16)13(17)8-3-4-9(14)10(15)6-8/h3-4,6,11,13H,2,5,7,16H2,1H3. The lowest BCUT2D eigenvalue weighted by molar-refractivity contribution is -0.129. The number of benzene rings is 1. The van der Waals surface area contributed by atoms with Crippen molar-refractivity contribution in [3.63, 3.8) is 0 Å². The number of rotatable bonds is 3. The fourth-order valence-electron chi connectivity index (χ4n) is 2.44. The Hall–Kier alpha value is -1.13. The first-order valence-electron chi connectivity index (χ1n) is 6.04. The van der Waals surface area contributed by atoms with Gasteiger partial charge in [0.05, 0.1) is 11.1 Å². The Bertz CT molecular complexity index is 466. The van der Waals surface area contributed by atoms with Crippen molar-refractivity contribution in [2.75, 3.05) is 6.54 Å². The van der Waals surface area contributed by atoms with Crippen molar-refractivity contribution >= 4 is 17.5 Å². The van der Waals surface area contributed by atoms with Crippen LogP contribution >= 0.6 is 11.6 Å². The number of nitrogens with zero attached hydrogens (tertiary/aromatic N) is 1. The minimum Gasteiger partial charge on any atom is -0.334 e. The predicted octanol–water partition coefficient (Wildman–Crippen LogP) is 2.49. The van der Waals surface area contributed by atoms with Gasteiger partial charge in [-0.2, -0.15) is 0 Å². The van der Waals surface area contributed by atoms with Gasteiger partial charge < -0.3 is 10.6 Å². The molecule has 1 aliphatic rings. The third-order valence-electron chi connectivity index (χ3n) is 3.22. The van der Waals surface area contributed by atoms with Crippen LogP contribution in [0, 0.1) is 5.82 Å². The summed E-state index contributed by atoms with van der Waals surface area (Å²) in [6.45, 7) is 2.64. The van der Waals surface area contributed by atoms with E-state index in [-0.39, 0.29) is 23.0 Å². The Morgan fingerprint density at radius 2 is 2.28 bits per heavy atom. The largest absolute Gasteiger partial charge is 0.334 e. The van der Waals surface area contributed by atoms with Gasteiger partial charge in [0.1, 0.15) is 5.82 Å². The van der Waals surface area contributed by atoms with Crippen molar-refractivity contribution in [1.29, 1.82) is 0 Å². The normalized spacial score (nSPS) is 23.8. The van der Waals surface area contributed by atoms with Crippen LogP contribution in [-0.4, -0.2) is 23.4 Å². The summed E-state index contributed by atoms with van der Waals surface area (Å²) in [6.07, 6.45) is 1.17. The number of carbonyl (C=O) groups is 1. The molecule has 98 valence electrons. The summed E-state index contributed by atoms with van der Waals surface area (Å²) in [5.74, 6) is -0.443. The highest BCUT2D eigenvalue weighted by Crippen LogP contribution is 2.33. The van der Waals surface area contributed by atoms with Crippen molar-refractivity contribution in [3.05, 3.63) is 34.6 Å². The van der Waals surface area contributed by atoms with Crippen LogP contribution in [0.4, 0.5) is 4.39 Å². The van der Waals surface area contributed by atoms with Gasteiger partial charge in [-0.15, -0.1) is 0 Å². The summed E-state index contributed by atoms with van der Waals surface area (Å²) in [4.78, 5) is 13.6. The molecule has 0 aromatic heterocycles. The second-order valence-electron chi connectivity index (χ2n) is 4.57. The molecule has 0 radical (unpaired) electrons. The van der Waals surface area contributed by atoms with Crippen LogP contribution in [0.3, 0.4) is 0 Å². The van der Waals surface area contributed by atoms with Gasteiger partial charge in [0.2, 0.25) is 5.91 Å². The van der Waals surface area contributed by atoms with E-state index in [4.69, 9.17) is 17.3 Å². The Balaban J connectivity index is 2.34. The van der Waals surface area contributed by atoms with Crippen LogP contribution in [0.2, 0.25) is 5.02 Å². The molecule has 2 atom stereocenters.